The molecule has 0 aromatic carbocycles. The van der Waals surface area contributed by atoms with Crippen LogP contribution in [0.5, 0.6) is 0 Å². The summed E-state index contributed by atoms with van der Waals surface area (Å²) in [6, 6.07) is 0. The summed E-state index contributed by atoms with van der Waals surface area (Å²) < 4.78 is 27.6. The van der Waals surface area contributed by atoms with E-state index in [1.165, 1.54) is 26.0 Å². The van der Waals surface area contributed by atoms with Gasteiger partial charge in [-0.05, 0) is 18.8 Å². The third kappa shape index (κ3) is 13.7. The minimum absolute atomic E-state index is 0.0179. The van der Waals surface area contributed by atoms with Crippen LogP contribution in [0.2, 0.25) is 0 Å². The first-order chi connectivity index (χ1) is 18.4. The molecule has 9 atom stereocenters. The Balaban J connectivity index is 5.96. The van der Waals surface area contributed by atoms with Crippen molar-refractivity contribution in [3.05, 3.63) is 12.3 Å². The molecule has 2 N–H and O–H groups in total. The molecule has 1 amide bonds. The Hall–Kier alpha value is -2.05. The summed E-state index contributed by atoms with van der Waals surface area (Å²) in [5, 5.41) is 19.8. The number of aliphatic hydroxyl groups excluding tert-OH is 2. The molecule has 0 aromatic rings. The van der Waals surface area contributed by atoms with Gasteiger partial charge in [0, 0.05) is 72.3 Å². The molecule has 228 valence electrons. The molecule has 0 heterocycles. The molecule has 0 aliphatic carbocycles. The second-order valence-corrected chi connectivity index (χ2v) is 10.4. The second kappa shape index (κ2) is 19.9. The van der Waals surface area contributed by atoms with E-state index in [-0.39, 0.29) is 37.1 Å². The standard InChI is InChI=1S/C28H51NO10/c1-18(25(36-8)14-23(33)20(3)15-30)10-11-24(39-28(34)26(37-9)16-35-7)21(4)27(38-22(5)32)19(2)12-13-29(6)17-31/h12-13,17-21,23-27,30,33H,10-11,14-16H2,1-9H3/b13-12+/t18-,19+,20+,21+,23-,24+,25-,26-,27+/m0/s1. The van der Waals surface area contributed by atoms with Gasteiger partial charge in [-0.2, -0.15) is 0 Å². The third-order valence-corrected chi connectivity index (χ3v) is 7.11. The van der Waals surface area contributed by atoms with Crippen LogP contribution in [0.15, 0.2) is 12.3 Å². The molecular weight excluding hydrogens is 510 g/mol. The Bertz CT molecular complexity index is 733. The zero-order chi connectivity index (χ0) is 30.1. The van der Waals surface area contributed by atoms with E-state index in [9.17, 15) is 24.6 Å². The Morgan fingerprint density at radius 2 is 1.59 bits per heavy atom. The number of aliphatic hydroxyl groups is 2. The van der Waals surface area contributed by atoms with Crippen LogP contribution in [0.25, 0.3) is 0 Å². The largest absolute Gasteiger partial charge is 0.462 e. The van der Waals surface area contributed by atoms with E-state index in [0.29, 0.717) is 25.7 Å². The molecule has 39 heavy (non-hydrogen) atoms. The van der Waals surface area contributed by atoms with Crippen molar-refractivity contribution >= 4 is 18.3 Å². The van der Waals surface area contributed by atoms with Crippen molar-refractivity contribution in [1.29, 1.82) is 0 Å². The number of hydrogen-bond donors (Lipinski definition) is 2. The maximum absolute atomic E-state index is 13.0. The lowest BCUT2D eigenvalue weighted by Crippen LogP contribution is -2.42. The van der Waals surface area contributed by atoms with E-state index in [2.05, 4.69) is 0 Å². The van der Waals surface area contributed by atoms with E-state index in [0.717, 1.165) is 0 Å². The van der Waals surface area contributed by atoms with Gasteiger partial charge < -0.3 is 38.8 Å². The van der Waals surface area contributed by atoms with E-state index < -0.39 is 42.3 Å². The van der Waals surface area contributed by atoms with E-state index in [4.69, 9.17) is 23.7 Å². The van der Waals surface area contributed by atoms with Crippen molar-refractivity contribution in [2.45, 2.75) is 84.4 Å². The minimum atomic E-state index is -0.922. The molecule has 0 unspecified atom stereocenters. The number of nitrogens with zero attached hydrogens (tertiary/aromatic N) is 1. The highest BCUT2D eigenvalue weighted by Gasteiger charge is 2.36. The lowest BCUT2D eigenvalue weighted by atomic mass is 9.84. The number of esters is 2. The molecule has 11 heteroatoms. The summed E-state index contributed by atoms with van der Waals surface area (Å²) in [5.74, 6) is -2.10. The molecule has 0 aliphatic heterocycles. The van der Waals surface area contributed by atoms with Crippen LogP contribution in [0, 0.1) is 23.7 Å². The number of methoxy groups -OCH3 is 3. The molecule has 11 nitrogen and oxygen atoms in total. The van der Waals surface area contributed by atoms with Crippen LogP contribution in [0.4, 0.5) is 0 Å². The van der Waals surface area contributed by atoms with Crippen LogP contribution in [-0.4, -0.2) is 106 Å². The first-order valence-electron chi connectivity index (χ1n) is 13.4. The summed E-state index contributed by atoms with van der Waals surface area (Å²) in [6.07, 6.45) is 2.11. The van der Waals surface area contributed by atoms with Gasteiger partial charge in [-0.1, -0.05) is 33.8 Å². The van der Waals surface area contributed by atoms with Gasteiger partial charge >= 0.3 is 11.9 Å². The highest BCUT2D eigenvalue weighted by molar-refractivity contribution is 5.75. The molecule has 0 bridgehead atoms. The smallest absolute Gasteiger partial charge is 0.337 e. The van der Waals surface area contributed by atoms with E-state index in [1.54, 1.807) is 33.4 Å². The molecule has 0 aliphatic rings. The molecule has 0 aromatic heterocycles. The van der Waals surface area contributed by atoms with Gasteiger partial charge in [0.25, 0.3) is 0 Å². The van der Waals surface area contributed by atoms with Gasteiger partial charge in [0.05, 0.1) is 18.8 Å². The lowest BCUT2D eigenvalue weighted by Gasteiger charge is -2.34. The maximum Gasteiger partial charge on any atom is 0.337 e. The Morgan fingerprint density at radius 3 is 2.08 bits per heavy atom. The van der Waals surface area contributed by atoms with Crippen molar-refractivity contribution < 1.29 is 48.3 Å². The normalized spacial score (nSPS) is 18.7. The fourth-order valence-electron chi connectivity index (χ4n) is 4.32. The zero-order valence-corrected chi connectivity index (χ0v) is 25.1. The molecule has 0 fully saturated rings. The average molecular weight is 562 g/mol. The Kier molecular flexibility index (Phi) is 18.9. The van der Waals surface area contributed by atoms with Gasteiger partial charge in [0.2, 0.25) is 6.41 Å². The number of hydrogen-bond acceptors (Lipinski definition) is 10. The first kappa shape index (κ1) is 37.0. The fourth-order valence-corrected chi connectivity index (χ4v) is 4.32. The second-order valence-electron chi connectivity index (χ2n) is 10.4. The fraction of sp³-hybridized carbons (Fsp3) is 0.821. The SMILES string of the molecule is COC[C@H](OC)C(=O)O[C@H](CC[C@H](C)[C@H](C[C@H](O)[C@H](C)CO)OC)[C@@H](C)[C@H](OC(C)=O)[C@H](C)/C=C/N(C)C=O. The summed E-state index contributed by atoms with van der Waals surface area (Å²) >= 11 is 0. The molecular formula is C28H51NO10. The van der Waals surface area contributed by atoms with Gasteiger partial charge in [-0.25, -0.2) is 4.79 Å². The quantitative estimate of drug-likeness (QED) is 0.158. The predicted molar refractivity (Wildman–Crippen MR) is 145 cm³/mol. The van der Waals surface area contributed by atoms with Crippen molar-refractivity contribution in [3.8, 4) is 0 Å². The van der Waals surface area contributed by atoms with Crippen LogP contribution in [0.1, 0.15) is 53.9 Å². The maximum atomic E-state index is 13.0. The Morgan fingerprint density at radius 1 is 0.949 bits per heavy atom. The molecule has 0 rings (SSSR count). The number of amides is 1. The number of carbonyl (C=O) groups excluding carboxylic acids is 3. The summed E-state index contributed by atoms with van der Waals surface area (Å²) in [6.45, 7) is 8.67. The topological polar surface area (TPSA) is 141 Å². The van der Waals surface area contributed by atoms with Crippen molar-refractivity contribution in [2.75, 3.05) is 41.6 Å². The van der Waals surface area contributed by atoms with Crippen molar-refractivity contribution in [3.63, 3.8) is 0 Å². The lowest BCUT2D eigenvalue weighted by molar-refractivity contribution is -0.173. The number of ether oxygens (including phenoxy) is 5. The highest BCUT2D eigenvalue weighted by Crippen LogP contribution is 2.29. The summed E-state index contributed by atoms with van der Waals surface area (Å²) in [5.41, 5.74) is 0. The van der Waals surface area contributed by atoms with E-state index in [1.807, 2.05) is 20.8 Å². The van der Waals surface area contributed by atoms with Gasteiger partial charge in [0.15, 0.2) is 6.10 Å². The van der Waals surface area contributed by atoms with Gasteiger partial charge in [0.1, 0.15) is 12.2 Å². The van der Waals surface area contributed by atoms with Crippen molar-refractivity contribution in [2.24, 2.45) is 23.7 Å². The van der Waals surface area contributed by atoms with Crippen LogP contribution in [0.3, 0.4) is 0 Å². The van der Waals surface area contributed by atoms with Gasteiger partial charge in [-0.15, -0.1) is 0 Å². The number of rotatable bonds is 21. The van der Waals surface area contributed by atoms with Crippen LogP contribution >= 0.6 is 0 Å². The summed E-state index contributed by atoms with van der Waals surface area (Å²) in [4.78, 5) is 37.3. The monoisotopic (exact) mass is 561 g/mol. The van der Waals surface area contributed by atoms with Crippen molar-refractivity contribution in [1.82, 2.24) is 4.90 Å². The minimum Gasteiger partial charge on any atom is -0.462 e. The molecule has 0 saturated carbocycles. The Labute approximate surface area is 233 Å². The first-order valence-corrected chi connectivity index (χ1v) is 13.4. The third-order valence-electron chi connectivity index (χ3n) is 7.11. The van der Waals surface area contributed by atoms with Crippen LogP contribution < -0.4 is 0 Å². The molecule has 0 spiro atoms. The van der Waals surface area contributed by atoms with E-state index >= 15 is 0 Å². The molecule has 0 saturated heterocycles. The van der Waals surface area contributed by atoms with Crippen LogP contribution in [-0.2, 0) is 38.1 Å². The number of carbonyl (C=O) groups is 3. The highest BCUT2D eigenvalue weighted by atomic mass is 16.6. The molecule has 0 radical (unpaired) electrons. The zero-order valence-electron chi connectivity index (χ0n) is 25.1. The predicted octanol–water partition coefficient (Wildman–Crippen LogP) is 2.18. The summed E-state index contributed by atoms with van der Waals surface area (Å²) in [7, 11) is 6.02. The van der Waals surface area contributed by atoms with Gasteiger partial charge in [-0.3, -0.25) is 9.59 Å². The average Bonchev–Trinajstić information content (AvgIpc) is 2.92.